The molecule has 0 amide bonds. The highest BCUT2D eigenvalue weighted by atomic mass is 16.4. The average Bonchev–Trinajstić information content (AvgIpc) is 2.27. The Balaban J connectivity index is 2.68. The van der Waals surface area contributed by atoms with Gasteiger partial charge in [-0.3, -0.25) is 0 Å². The molecule has 0 N–H and O–H groups in total. The highest BCUT2D eigenvalue weighted by Gasteiger charge is 2.09. The van der Waals surface area contributed by atoms with Gasteiger partial charge in [0.05, 0.1) is 0 Å². The van der Waals surface area contributed by atoms with Crippen LogP contribution in [0.4, 0.5) is 0 Å². The molecule has 2 heteroatoms. The monoisotopic (exact) mass is 230 g/mol. The average molecular weight is 230 g/mol. The Labute approximate surface area is 101 Å². The van der Waals surface area contributed by atoms with Crippen molar-refractivity contribution in [2.45, 2.75) is 39.5 Å². The van der Waals surface area contributed by atoms with Gasteiger partial charge in [-0.1, -0.05) is 33.8 Å². The minimum absolute atomic E-state index is 0.193. The summed E-state index contributed by atoms with van der Waals surface area (Å²) in [7, 11) is 0. The van der Waals surface area contributed by atoms with Crippen LogP contribution in [0.5, 0.6) is 0 Å². The molecule has 1 aromatic carbocycles. The molecule has 2 aromatic rings. The van der Waals surface area contributed by atoms with E-state index in [0.717, 1.165) is 10.9 Å². The second kappa shape index (κ2) is 4.36. The lowest BCUT2D eigenvalue weighted by atomic mass is 9.99. The van der Waals surface area contributed by atoms with Gasteiger partial charge in [0, 0.05) is 10.9 Å². The molecule has 1 aromatic heterocycles. The summed E-state index contributed by atoms with van der Waals surface area (Å²) < 4.78 is 5.33. The first-order valence-electron chi connectivity index (χ1n) is 6.06. The van der Waals surface area contributed by atoms with Crippen LogP contribution < -0.4 is 5.63 Å². The third-order valence-electron chi connectivity index (χ3n) is 3.07. The maximum absolute atomic E-state index is 11.7. The fraction of sp³-hybridized carbons (Fsp3) is 0.400. The minimum atomic E-state index is -0.218. The molecule has 0 bridgehead atoms. The minimum Gasteiger partial charge on any atom is -0.423 e. The van der Waals surface area contributed by atoms with Crippen LogP contribution in [0.25, 0.3) is 11.0 Å². The fourth-order valence-electron chi connectivity index (χ4n) is 1.92. The molecule has 90 valence electrons. The van der Waals surface area contributed by atoms with E-state index >= 15 is 0 Å². The largest absolute Gasteiger partial charge is 0.423 e. The first-order valence-corrected chi connectivity index (χ1v) is 6.06. The molecule has 17 heavy (non-hydrogen) atoms. The molecule has 0 radical (unpaired) electrons. The summed E-state index contributed by atoms with van der Waals surface area (Å²) in [4.78, 5) is 11.7. The highest BCUT2D eigenvalue weighted by Crippen LogP contribution is 2.22. The van der Waals surface area contributed by atoms with Gasteiger partial charge in [0.15, 0.2) is 0 Å². The molecule has 0 aliphatic heterocycles. The summed E-state index contributed by atoms with van der Waals surface area (Å²) in [5, 5.41) is 1.01. The highest BCUT2D eigenvalue weighted by molar-refractivity contribution is 5.78. The summed E-state index contributed by atoms with van der Waals surface area (Å²) in [6, 6.07) is 7.97. The predicted molar refractivity (Wildman–Crippen MR) is 70.7 cm³/mol. The lowest BCUT2D eigenvalue weighted by molar-refractivity contribution is 0.544. The van der Waals surface area contributed by atoms with E-state index in [-0.39, 0.29) is 11.5 Å². The van der Waals surface area contributed by atoms with Crippen molar-refractivity contribution in [3.05, 3.63) is 45.8 Å². The van der Waals surface area contributed by atoms with Gasteiger partial charge in [0.1, 0.15) is 5.58 Å². The molecule has 0 spiro atoms. The Morgan fingerprint density at radius 2 is 1.71 bits per heavy atom. The molecule has 0 unspecified atom stereocenters. The molecule has 0 saturated heterocycles. The van der Waals surface area contributed by atoms with Crippen molar-refractivity contribution in [3.63, 3.8) is 0 Å². The number of benzene rings is 1. The van der Waals surface area contributed by atoms with Crippen molar-refractivity contribution in [2.75, 3.05) is 0 Å². The van der Waals surface area contributed by atoms with Crippen LogP contribution in [0, 0.1) is 0 Å². The quantitative estimate of drug-likeness (QED) is 0.729. The fourth-order valence-corrected chi connectivity index (χ4v) is 1.92. The second-order valence-electron chi connectivity index (χ2n) is 5.10. The van der Waals surface area contributed by atoms with Crippen molar-refractivity contribution in [3.8, 4) is 0 Å². The molecular weight excluding hydrogens is 212 g/mol. The van der Waals surface area contributed by atoms with Gasteiger partial charge in [-0.05, 0) is 35.6 Å². The Hall–Kier alpha value is -1.57. The Morgan fingerprint density at radius 1 is 1.00 bits per heavy atom. The number of hydrogen-bond donors (Lipinski definition) is 0. The van der Waals surface area contributed by atoms with Gasteiger partial charge in [-0.2, -0.15) is 0 Å². The van der Waals surface area contributed by atoms with Crippen LogP contribution >= 0.6 is 0 Å². The molecular formula is C15H18O2. The second-order valence-corrected chi connectivity index (χ2v) is 5.10. The SMILES string of the molecule is CC(C)c1ccc2oc(=O)c(C(C)C)cc2c1. The third kappa shape index (κ3) is 2.26. The van der Waals surface area contributed by atoms with E-state index < -0.39 is 0 Å². The van der Waals surface area contributed by atoms with Crippen molar-refractivity contribution < 1.29 is 4.42 Å². The topological polar surface area (TPSA) is 30.2 Å². The van der Waals surface area contributed by atoms with Crippen LogP contribution in [0.2, 0.25) is 0 Å². The zero-order valence-electron chi connectivity index (χ0n) is 10.8. The first-order chi connectivity index (χ1) is 7.99. The normalized spacial score (nSPS) is 11.6. The van der Waals surface area contributed by atoms with Crippen LogP contribution in [-0.2, 0) is 0 Å². The third-order valence-corrected chi connectivity index (χ3v) is 3.07. The van der Waals surface area contributed by atoms with Gasteiger partial charge < -0.3 is 4.42 Å². The zero-order chi connectivity index (χ0) is 12.6. The zero-order valence-corrected chi connectivity index (χ0v) is 10.8. The molecule has 0 saturated carbocycles. The summed E-state index contributed by atoms with van der Waals surface area (Å²) in [6.45, 7) is 8.32. The number of fused-ring (bicyclic) bond motifs is 1. The van der Waals surface area contributed by atoms with Gasteiger partial charge in [-0.15, -0.1) is 0 Å². The molecule has 2 rings (SSSR count). The summed E-state index contributed by atoms with van der Waals surface area (Å²) in [5.74, 6) is 0.673. The maximum Gasteiger partial charge on any atom is 0.339 e. The molecule has 0 fully saturated rings. The van der Waals surface area contributed by atoms with Gasteiger partial charge in [-0.25, -0.2) is 4.79 Å². The molecule has 0 atom stereocenters. The van der Waals surface area contributed by atoms with Crippen molar-refractivity contribution in [1.29, 1.82) is 0 Å². The van der Waals surface area contributed by atoms with Crippen LogP contribution in [0.15, 0.2) is 33.5 Å². The van der Waals surface area contributed by atoms with Crippen molar-refractivity contribution in [1.82, 2.24) is 0 Å². The van der Waals surface area contributed by atoms with Gasteiger partial charge in [0.25, 0.3) is 0 Å². The van der Waals surface area contributed by atoms with Crippen LogP contribution in [0.3, 0.4) is 0 Å². The number of rotatable bonds is 2. The van der Waals surface area contributed by atoms with Gasteiger partial charge >= 0.3 is 5.63 Å². The molecule has 2 nitrogen and oxygen atoms in total. The molecule has 0 aliphatic carbocycles. The Kier molecular flexibility index (Phi) is 3.05. The lowest BCUT2D eigenvalue weighted by Gasteiger charge is -2.08. The van der Waals surface area contributed by atoms with E-state index in [0.29, 0.717) is 11.5 Å². The predicted octanol–water partition coefficient (Wildman–Crippen LogP) is 4.04. The smallest absolute Gasteiger partial charge is 0.339 e. The number of hydrogen-bond acceptors (Lipinski definition) is 2. The molecule has 0 aliphatic rings. The van der Waals surface area contributed by atoms with E-state index in [4.69, 9.17) is 4.42 Å². The van der Waals surface area contributed by atoms with E-state index in [1.54, 1.807) is 0 Å². The van der Waals surface area contributed by atoms with E-state index in [1.165, 1.54) is 5.56 Å². The Morgan fingerprint density at radius 3 is 2.29 bits per heavy atom. The first kappa shape index (κ1) is 11.9. The van der Waals surface area contributed by atoms with Gasteiger partial charge in [0.2, 0.25) is 0 Å². The van der Waals surface area contributed by atoms with Crippen LogP contribution in [0.1, 0.15) is 50.7 Å². The summed E-state index contributed by atoms with van der Waals surface area (Å²) in [5.41, 5.74) is 2.47. The summed E-state index contributed by atoms with van der Waals surface area (Å²) >= 11 is 0. The lowest BCUT2D eigenvalue weighted by Crippen LogP contribution is -2.08. The maximum atomic E-state index is 11.7. The Bertz CT molecular complexity index is 591. The van der Waals surface area contributed by atoms with Crippen molar-refractivity contribution in [2.24, 2.45) is 0 Å². The van der Waals surface area contributed by atoms with Crippen molar-refractivity contribution >= 4 is 11.0 Å². The van der Waals surface area contributed by atoms with E-state index in [2.05, 4.69) is 19.9 Å². The van der Waals surface area contributed by atoms with Crippen LogP contribution in [-0.4, -0.2) is 0 Å². The molecule has 1 heterocycles. The van der Waals surface area contributed by atoms with E-state index in [9.17, 15) is 4.79 Å². The standard InChI is InChI=1S/C15H18O2/c1-9(2)11-5-6-14-12(7-11)8-13(10(3)4)15(16)17-14/h5-10H,1-4H3. The summed E-state index contributed by atoms with van der Waals surface area (Å²) in [6.07, 6.45) is 0. The van der Waals surface area contributed by atoms with E-state index in [1.807, 2.05) is 32.0 Å².